The predicted octanol–water partition coefficient (Wildman–Crippen LogP) is 14.6. The summed E-state index contributed by atoms with van der Waals surface area (Å²) in [4.78, 5) is 134. The average molecular weight is 1860 g/mol. The molecule has 4 aromatic heterocycles. The number of ether oxygens (including phenoxy) is 2. The number of pyridine rings is 1. The van der Waals surface area contributed by atoms with Crippen molar-refractivity contribution in [2.24, 2.45) is 0 Å². The fraction of sp³-hybridized carbons (Fsp3) is 0.306. The minimum absolute atomic E-state index is 0.0277. The van der Waals surface area contributed by atoms with Crippen molar-refractivity contribution in [2.75, 3.05) is 98.2 Å². The summed E-state index contributed by atoms with van der Waals surface area (Å²) in [5.41, 5.74) is 18.7. The number of urea groups is 1. The van der Waals surface area contributed by atoms with Crippen LogP contribution < -0.4 is 68.2 Å². The van der Waals surface area contributed by atoms with Gasteiger partial charge < -0.3 is 90.9 Å². The molecule has 1 saturated carbocycles. The number of imidazole rings is 3. The van der Waals surface area contributed by atoms with Gasteiger partial charge in [-0.3, -0.25) is 23.8 Å². The quantitative estimate of drug-likeness (QED) is 0.0377. The lowest BCUT2D eigenvalue weighted by Crippen LogP contribution is -2.48. The van der Waals surface area contributed by atoms with E-state index in [0.717, 1.165) is 181 Å². The summed E-state index contributed by atoms with van der Waals surface area (Å²) in [6.07, 6.45) is 10.7. The molecule has 6 aliphatic heterocycles. The minimum atomic E-state index is -3.61. The van der Waals surface area contributed by atoms with Gasteiger partial charge in [0.1, 0.15) is 23.0 Å². The first kappa shape index (κ1) is 95.2. The number of nitrogens with one attached hydrogen (secondary N) is 14. The van der Waals surface area contributed by atoms with Gasteiger partial charge in [0.05, 0.1) is 84.1 Å². The second kappa shape index (κ2) is 42.5. The molecule has 34 nitrogen and oxygen atoms in total. The lowest BCUT2D eigenvalue weighted by molar-refractivity contribution is -0.129. The number of amides is 5. The number of hydrogen-bond donors (Lipinski definition) is 14. The second-order valence-corrected chi connectivity index (χ2v) is 38.4. The van der Waals surface area contributed by atoms with Crippen LogP contribution in [-0.4, -0.2) is 166 Å². The molecule has 0 unspecified atom stereocenters. The van der Waals surface area contributed by atoms with Crippen LogP contribution in [0.2, 0.25) is 0 Å². The largest absolute Gasteiger partial charge is 0.462 e. The number of piperazine rings is 1. The molecule has 0 bridgehead atoms. The van der Waals surface area contributed by atoms with Gasteiger partial charge in [-0.15, -0.1) is 0 Å². The molecule has 12 aromatic rings. The number of sulfonamides is 2. The number of allylic oxidation sites excluding steroid dienone is 2. The van der Waals surface area contributed by atoms with E-state index in [-0.39, 0.29) is 51.9 Å². The summed E-state index contributed by atoms with van der Waals surface area (Å²) in [5, 5.41) is 17.3. The van der Waals surface area contributed by atoms with Crippen LogP contribution in [0.1, 0.15) is 140 Å². The Hall–Kier alpha value is -14.9. The number of aryl methyl sites for hydroxylation is 1. The van der Waals surface area contributed by atoms with Crippen LogP contribution in [0, 0.1) is 0 Å². The van der Waals surface area contributed by atoms with Crippen molar-refractivity contribution in [2.45, 2.75) is 141 Å². The van der Waals surface area contributed by atoms with Gasteiger partial charge in [0.2, 0.25) is 26.0 Å². The standard InChI is InChI=1S/C20H20N2O3.C18H17N3O.C17H24N4O5S.C17H17N3O.C13H16N4O2.C13H17N3O3S/c1-3-25-20(24)16-7-4-14(5-8-16)10-17(23)11-15-6-9-18-19(12-15)22-13(2)21-18;1-12-9-14-10-15(11-19-17(14)20-12)18(22)21-8-4-6-13-5-2-3-7-16(13)21;1-17(2,3)26-16(23)21-8-6-12(7-9-21)27(24,25)20-11-4-5-13-14(10-11)19-15(22)18-13;1-12-9-14-7-8-15(10-16(14)19-12)20-17(21)18-11-13-5-3-2-4-6-13;1-9(18)16-4-6-17(7-5-16)10-2-3-11-12(8-10)15-13(19)14-11;17-13-14-11-7-6-9(8-12(11)15-13)16-20(18,19)10-4-2-1-3-5-10/h4-9,12,21-22H,2-3,10-11H2,1H3;2-3,5,7,10-11H,1,4,6,8-9H2,(H,19,20);4-5,10,12,20H,6-9H2,1-3H3,(H2,18,19,22);2-8,10,19H,1,9,11H2,(H2,18,20,21);2-3,8H,4-7H2,1H3,(H2,14,15,19);6-8,10,16H,1-5H2,(H2,14,15,17). The summed E-state index contributed by atoms with van der Waals surface area (Å²) in [6.45, 7) is 25.8. The Morgan fingerprint density at radius 1 is 0.500 bits per heavy atom. The van der Waals surface area contributed by atoms with Gasteiger partial charge in [0.15, 0.2) is 0 Å². The normalized spacial score (nSPS) is 15.0. The lowest BCUT2D eigenvalue weighted by Gasteiger charge is -2.35. The maximum absolute atomic E-state index is 12.9. The number of H-pyrrole nitrogens is 6. The second-order valence-electron chi connectivity index (χ2n) is 34.5. The number of anilines is 9. The van der Waals surface area contributed by atoms with Crippen molar-refractivity contribution in [3.05, 3.63) is 295 Å². The van der Waals surface area contributed by atoms with Gasteiger partial charge in [-0.25, -0.2) is 50.6 Å². The van der Waals surface area contributed by atoms with Gasteiger partial charge in [-0.2, -0.15) is 0 Å². The Labute approximate surface area is 774 Å². The van der Waals surface area contributed by atoms with Crippen LogP contribution in [0.25, 0.3) is 33.1 Å². The van der Waals surface area contributed by atoms with E-state index in [0.29, 0.717) is 96.5 Å². The zero-order valence-electron chi connectivity index (χ0n) is 75.3. The van der Waals surface area contributed by atoms with Crippen molar-refractivity contribution in [3.8, 4) is 0 Å². The van der Waals surface area contributed by atoms with E-state index in [4.69, 9.17) is 9.47 Å². The number of carbonyl (C=O) groups excluding carboxylic acids is 6. The highest BCUT2D eigenvalue weighted by molar-refractivity contribution is 7.93. The SMILES string of the molecule is C=C1Cc2cc(C(=O)N3CCCc4ccccc43)cnc2N1.C=C1Cc2ccc(NC(=O)NCc3ccccc3)cc2N1.C=C1Nc2ccc(CC(=O)Cc3ccc(C(=O)OCC)cc3)cc2N1.CC(=O)N1CCN(c2ccc3[nH]c(=O)[nH]c3c2)CC1.CC(C)(C)OC(=O)N1CCC(S(=O)(=O)Nc2ccc3[nH]c(=O)[nH]c3c2)CC1.O=c1[nH]c2ccc(NS(=O)(=O)C3CCCCC3)cc2[nH]1. The molecule has 0 spiro atoms. The Morgan fingerprint density at radius 2 is 1.07 bits per heavy atom. The van der Waals surface area contributed by atoms with Gasteiger partial charge in [-0.1, -0.05) is 112 Å². The molecule has 2 saturated heterocycles. The molecular formula is C98H111N19O15S2. The lowest BCUT2D eigenvalue weighted by atomic mass is 10.0. The number of fused-ring (bicyclic) bond motifs is 7. The number of nitrogens with zero attached hydrogens (tertiary/aromatic N) is 5. The number of aromatic nitrogens is 7. The molecule has 36 heteroatoms. The number of carbonyl (C=O) groups is 6. The third-order valence-corrected chi connectivity index (χ3v) is 27.0. The van der Waals surface area contributed by atoms with Gasteiger partial charge in [-0.05, 0) is 197 Å². The van der Waals surface area contributed by atoms with Gasteiger partial charge in [0.25, 0.3) is 5.91 Å². The molecule has 0 atom stereocenters. The van der Waals surface area contributed by atoms with Crippen molar-refractivity contribution in [1.82, 2.24) is 50.0 Å². The topological polar surface area (TPSA) is 457 Å². The summed E-state index contributed by atoms with van der Waals surface area (Å²) in [7, 11) is -6.96. The maximum atomic E-state index is 12.9. The first-order valence-electron chi connectivity index (χ1n) is 44.5. The van der Waals surface area contributed by atoms with Crippen molar-refractivity contribution >= 4 is 140 Å². The third-order valence-electron chi connectivity index (χ3n) is 23.2. The maximum Gasteiger partial charge on any atom is 0.410 e. The molecule has 7 aliphatic rings. The van der Waals surface area contributed by atoms with Crippen molar-refractivity contribution < 1.29 is 55.1 Å². The summed E-state index contributed by atoms with van der Waals surface area (Å²) >= 11 is 0. The fourth-order valence-electron chi connectivity index (χ4n) is 16.6. The summed E-state index contributed by atoms with van der Waals surface area (Å²) in [5.74, 6) is 1.49. The van der Waals surface area contributed by atoms with Gasteiger partial charge >= 0.3 is 35.2 Å². The number of likely N-dealkylation sites (tertiary alicyclic amines) is 1. The molecule has 3 fully saturated rings. The monoisotopic (exact) mass is 1860 g/mol. The molecule has 8 aromatic carbocycles. The highest BCUT2D eigenvalue weighted by Gasteiger charge is 2.35. The van der Waals surface area contributed by atoms with Crippen LogP contribution in [0.15, 0.2) is 233 Å². The highest BCUT2D eigenvalue weighted by atomic mass is 32.2. The molecule has 700 valence electrons. The molecule has 134 heavy (non-hydrogen) atoms. The Kier molecular flexibility index (Phi) is 30.2. The van der Waals surface area contributed by atoms with E-state index >= 15 is 0 Å². The van der Waals surface area contributed by atoms with Crippen LogP contribution in [0.4, 0.5) is 60.9 Å². The molecule has 5 amide bonds. The highest BCUT2D eigenvalue weighted by Crippen LogP contribution is 2.35. The fourth-order valence-corrected chi connectivity index (χ4v) is 19.6. The van der Waals surface area contributed by atoms with Crippen LogP contribution in [0.3, 0.4) is 0 Å². The first-order valence-corrected chi connectivity index (χ1v) is 47.6. The molecule has 10 heterocycles. The summed E-state index contributed by atoms with van der Waals surface area (Å²) in [6, 6.07) is 54.0. The number of aromatic amines is 6. The van der Waals surface area contributed by atoms with E-state index in [1.807, 2.05) is 119 Å². The number of hydrogen-bond acceptors (Lipinski definition) is 21. The zero-order valence-corrected chi connectivity index (χ0v) is 77.0. The van der Waals surface area contributed by atoms with E-state index in [1.54, 1.807) is 101 Å². The van der Waals surface area contributed by atoms with Crippen LogP contribution >= 0.6 is 0 Å². The zero-order chi connectivity index (χ0) is 95.0. The number of rotatable bonds is 17. The van der Waals surface area contributed by atoms with E-state index < -0.39 is 37.0 Å². The molecule has 19 rings (SSSR count). The molecule has 1 aliphatic carbocycles. The average Bonchev–Trinajstić information content (AvgIpc) is 1.70. The Bertz CT molecular complexity index is 6810. The number of ketones is 1. The molecular weight excluding hydrogens is 1750 g/mol. The predicted molar refractivity (Wildman–Crippen MR) is 524 cm³/mol. The summed E-state index contributed by atoms with van der Waals surface area (Å²) < 4.78 is 65.4. The number of piperidine rings is 1. The van der Waals surface area contributed by atoms with Crippen LogP contribution in [0.5, 0.6) is 0 Å². The molecule has 14 N–H and O–H groups in total. The number of Topliss-reactive ketones (excluding diaryl/α,β-unsaturated/α-hetero) is 1. The smallest absolute Gasteiger partial charge is 0.410 e. The molecule has 0 radical (unpaired) electrons. The van der Waals surface area contributed by atoms with E-state index in [1.165, 1.54) is 16.0 Å². The van der Waals surface area contributed by atoms with Crippen molar-refractivity contribution in [3.63, 3.8) is 0 Å². The van der Waals surface area contributed by atoms with E-state index in [9.17, 15) is 60.0 Å². The number of esters is 1. The van der Waals surface area contributed by atoms with Crippen LogP contribution in [-0.2, 0) is 77.8 Å². The number of para-hydroxylation sites is 1. The third kappa shape index (κ3) is 25.4. The minimum Gasteiger partial charge on any atom is -0.462 e. The first-order chi connectivity index (χ1) is 64.2. The van der Waals surface area contributed by atoms with Crippen molar-refractivity contribution in [1.29, 1.82) is 0 Å². The van der Waals surface area contributed by atoms with Gasteiger partial charge in [0, 0.05) is 131 Å². The Morgan fingerprint density at radius 3 is 1.70 bits per heavy atom. The number of benzene rings is 8. The Balaban J connectivity index is 0.000000129. The van der Waals surface area contributed by atoms with E-state index in [2.05, 4.69) is 107 Å².